The average Bonchev–Trinajstić information content (AvgIpc) is 2.94. The summed E-state index contributed by atoms with van der Waals surface area (Å²) in [5.41, 5.74) is 1.94. The first-order valence-electron chi connectivity index (χ1n) is 10.1. The van der Waals surface area contributed by atoms with Crippen molar-refractivity contribution in [1.29, 1.82) is 0 Å². The van der Waals surface area contributed by atoms with Gasteiger partial charge in [-0.25, -0.2) is 4.98 Å². The molecule has 2 aromatic heterocycles. The highest BCUT2D eigenvalue weighted by Gasteiger charge is 2.23. The van der Waals surface area contributed by atoms with Crippen molar-refractivity contribution in [2.45, 2.75) is 26.4 Å². The van der Waals surface area contributed by atoms with E-state index in [1.54, 1.807) is 11.7 Å². The predicted octanol–water partition coefficient (Wildman–Crippen LogP) is 2.20. The van der Waals surface area contributed by atoms with Gasteiger partial charge < -0.3 is 10.1 Å². The average molecular weight is 427 g/mol. The van der Waals surface area contributed by atoms with Crippen molar-refractivity contribution in [1.82, 2.24) is 19.8 Å². The molecule has 1 N–H and O–H groups in total. The molecule has 30 heavy (non-hydrogen) atoms. The molecule has 3 aromatic rings. The number of benzene rings is 1. The molecule has 1 aliphatic rings. The largest absolute Gasteiger partial charge is 0.383 e. The number of carbonyl (C=O) groups is 1. The lowest BCUT2D eigenvalue weighted by Gasteiger charge is -2.19. The molecular formula is C22H26N4O3S. The third-order valence-electron chi connectivity index (χ3n) is 5.47. The molecule has 4 rings (SSSR count). The third-order valence-corrected chi connectivity index (χ3v) is 6.65. The van der Waals surface area contributed by atoms with Crippen LogP contribution in [0.5, 0.6) is 0 Å². The van der Waals surface area contributed by atoms with Crippen LogP contribution in [0.15, 0.2) is 35.1 Å². The molecule has 0 saturated heterocycles. The lowest BCUT2D eigenvalue weighted by atomic mass is 10.2. The summed E-state index contributed by atoms with van der Waals surface area (Å²) in [6.45, 7) is 5.83. The Bertz CT molecular complexity index is 1110. The number of amides is 1. The van der Waals surface area contributed by atoms with E-state index in [-0.39, 0.29) is 11.5 Å². The number of carbonyl (C=O) groups excluding carboxylic acids is 1. The number of fused-ring (bicyclic) bond motifs is 2. The Labute approximate surface area is 179 Å². The third kappa shape index (κ3) is 4.16. The summed E-state index contributed by atoms with van der Waals surface area (Å²) < 4.78 is 6.77. The van der Waals surface area contributed by atoms with Crippen LogP contribution in [0.25, 0.3) is 10.2 Å². The van der Waals surface area contributed by atoms with Crippen molar-refractivity contribution in [3.05, 3.63) is 62.5 Å². The van der Waals surface area contributed by atoms with Crippen LogP contribution in [0.1, 0.15) is 26.6 Å². The minimum atomic E-state index is -0.179. The van der Waals surface area contributed by atoms with Crippen LogP contribution >= 0.6 is 11.3 Å². The van der Waals surface area contributed by atoms with Crippen LogP contribution in [-0.4, -0.2) is 53.7 Å². The van der Waals surface area contributed by atoms with E-state index in [9.17, 15) is 9.59 Å². The van der Waals surface area contributed by atoms with E-state index in [2.05, 4.69) is 22.3 Å². The summed E-state index contributed by atoms with van der Waals surface area (Å²) in [6.07, 6.45) is 0.713. The molecule has 8 heteroatoms. The summed E-state index contributed by atoms with van der Waals surface area (Å²) in [5, 5.41) is 3.40. The summed E-state index contributed by atoms with van der Waals surface area (Å²) in [4.78, 5) is 34.1. The normalized spacial score (nSPS) is 14.5. The van der Waals surface area contributed by atoms with Gasteiger partial charge in [0.25, 0.3) is 11.5 Å². The van der Waals surface area contributed by atoms with Gasteiger partial charge in [0.05, 0.1) is 16.9 Å². The van der Waals surface area contributed by atoms with E-state index >= 15 is 0 Å². The zero-order chi connectivity index (χ0) is 21.1. The second-order valence-corrected chi connectivity index (χ2v) is 8.48. The van der Waals surface area contributed by atoms with Gasteiger partial charge in [0.15, 0.2) is 0 Å². The molecule has 1 aromatic carbocycles. The summed E-state index contributed by atoms with van der Waals surface area (Å²) in [5.74, 6) is 0.622. The number of aromatic nitrogens is 2. The lowest BCUT2D eigenvalue weighted by molar-refractivity contribution is 0.0940. The molecule has 0 spiro atoms. The first-order valence-corrected chi connectivity index (χ1v) is 11.0. The Morgan fingerprint density at radius 1 is 1.23 bits per heavy atom. The van der Waals surface area contributed by atoms with E-state index in [0.717, 1.165) is 25.5 Å². The molecule has 1 amide bonds. The number of hydrogen-bond donors (Lipinski definition) is 1. The predicted molar refractivity (Wildman–Crippen MR) is 118 cm³/mol. The number of nitrogens with zero attached hydrogens (tertiary/aromatic N) is 3. The number of methoxy groups -OCH3 is 1. The maximum absolute atomic E-state index is 13.3. The molecule has 158 valence electrons. The molecule has 1 aliphatic heterocycles. The first-order chi connectivity index (χ1) is 14.6. The van der Waals surface area contributed by atoms with Crippen LogP contribution in [0.3, 0.4) is 0 Å². The summed E-state index contributed by atoms with van der Waals surface area (Å²) in [6, 6.07) is 10.4. The molecule has 0 unspecified atom stereocenters. The molecule has 7 nitrogen and oxygen atoms in total. The van der Waals surface area contributed by atoms with E-state index in [1.807, 2.05) is 25.1 Å². The molecule has 0 aliphatic carbocycles. The molecule has 0 bridgehead atoms. The Morgan fingerprint density at radius 2 is 2.03 bits per heavy atom. The Kier molecular flexibility index (Phi) is 6.26. The van der Waals surface area contributed by atoms with Gasteiger partial charge in [0, 0.05) is 46.3 Å². The standard InChI is InChI=1S/C22H26N4O3S/c1-15-18-21(30-19(15)20(27)23-9-13-29-2)24-17-8-10-25(11-12-26(17)22(18)28)14-16-6-4-3-5-7-16/h3-7H,8-14H2,1-2H3,(H,23,27). The maximum atomic E-state index is 13.3. The van der Waals surface area contributed by atoms with Gasteiger partial charge in [-0.15, -0.1) is 11.3 Å². The van der Waals surface area contributed by atoms with Crippen LogP contribution in [-0.2, 0) is 24.2 Å². The zero-order valence-electron chi connectivity index (χ0n) is 17.3. The monoisotopic (exact) mass is 426 g/mol. The molecule has 3 heterocycles. The van der Waals surface area contributed by atoms with E-state index < -0.39 is 0 Å². The van der Waals surface area contributed by atoms with Gasteiger partial charge in [0.2, 0.25) is 0 Å². The quantitative estimate of drug-likeness (QED) is 0.612. The van der Waals surface area contributed by atoms with E-state index in [4.69, 9.17) is 9.72 Å². The second-order valence-electron chi connectivity index (χ2n) is 7.48. The van der Waals surface area contributed by atoms with Gasteiger partial charge in [0.1, 0.15) is 10.7 Å². The smallest absolute Gasteiger partial charge is 0.262 e. The van der Waals surface area contributed by atoms with Gasteiger partial charge in [-0.1, -0.05) is 30.3 Å². The van der Waals surface area contributed by atoms with Crippen LogP contribution < -0.4 is 10.9 Å². The fourth-order valence-corrected chi connectivity index (χ4v) is 4.96. The Morgan fingerprint density at radius 3 is 2.80 bits per heavy atom. The summed E-state index contributed by atoms with van der Waals surface area (Å²) in [7, 11) is 1.59. The first kappa shape index (κ1) is 20.7. The van der Waals surface area contributed by atoms with Crippen LogP contribution in [0, 0.1) is 6.92 Å². The minimum Gasteiger partial charge on any atom is -0.383 e. The maximum Gasteiger partial charge on any atom is 0.262 e. The molecule has 0 fully saturated rings. The van der Waals surface area contributed by atoms with Crippen molar-refractivity contribution < 1.29 is 9.53 Å². The van der Waals surface area contributed by atoms with Crippen molar-refractivity contribution >= 4 is 27.5 Å². The van der Waals surface area contributed by atoms with Crippen molar-refractivity contribution in [3.8, 4) is 0 Å². The molecule has 0 atom stereocenters. The van der Waals surface area contributed by atoms with Crippen LogP contribution in [0.2, 0.25) is 0 Å². The Balaban J connectivity index is 1.58. The molecule has 0 radical (unpaired) electrons. The van der Waals surface area contributed by atoms with Crippen molar-refractivity contribution in [3.63, 3.8) is 0 Å². The van der Waals surface area contributed by atoms with Crippen molar-refractivity contribution in [2.75, 3.05) is 33.4 Å². The zero-order valence-corrected chi connectivity index (χ0v) is 18.1. The fourth-order valence-electron chi connectivity index (χ4n) is 3.85. The number of rotatable bonds is 6. The number of thiophene rings is 1. The Hall–Kier alpha value is -2.55. The van der Waals surface area contributed by atoms with Gasteiger partial charge >= 0.3 is 0 Å². The molecule has 0 saturated carbocycles. The topological polar surface area (TPSA) is 76.5 Å². The minimum absolute atomic E-state index is 0.0405. The molecular weight excluding hydrogens is 400 g/mol. The SMILES string of the molecule is COCCNC(=O)c1sc2nc3n(c(=O)c2c1C)CCN(Cc1ccccc1)CC3. The highest BCUT2D eigenvalue weighted by Crippen LogP contribution is 2.28. The number of hydrogen-bond acceptors (Lipinski definition) is 6. The number of nitrogens with one attached hydrogen (secondary N) is 1. The number of aryl methyl sites for hydroxylation is 1. The second kappa shape index (κ2) is 9.07. The number of ether oxygens (including phenoxy) is 1. The van der Waals surface area contributed by atoms with E-state index in [0.29, 0.717) is 46.8 Å². The van der Waals surface area contributed by atoms with Gasteiger partial charge in [-0.3, -0.25) is 19.1 Å². The van der Waals surface area contributed by atoms with E-state index in [1.165, 1.54) is 16.9 Å². The van der Waals surface area contributed by atoms with Gasteiger partial charge in [-0.05, 0) is 18.1 Å². The fraction of sp³-hybridized carbons (Fsp3) is 0.409. The highest BCUT2D eigenvalue weighted by atomic mass is 32.1. The van der Waals surface area contributed by atoms with Gasteiger partial charge in [-0.2, -0.15) is 0 Å². The highest BCUT2D eigenvalue weighted by molar-refractivity contribution is 7.20. The van der Waals surface area contributed by atoms with Crippen LogP contribution in [0.4, 0.5) is 0 Å². The summed E-state index contributed by atoms with van der Waals surface area (Å²) >= 11 is 1.30. The lowest BCUT2D eigenvalue weighted by Crippen LogP contribution is -2.29. The van der Waals surface area contributed by atoms with Crippen molar-refractivity contribution in [2.24, 2.45) is 0 Å².